The van der Waals surface area contributed by atoms with Crippen LogP contribution in [0, 0.1) is 0 Å². The van der Waals surface area contributed by atoms with E-state index < -0.39 is 0 Å². The van der Waals surface area contributed by atoms with Crippen molar-refractivity contribution in [2.24, 2.45) is 5.73 Å². The Bertz CT molecular complexity index is 553. The van der Waals surface area contributed by atoms with Gasteiger partial charge in [0.25, 0.3) is 0 Å². The number of primary amides is 1. The molecule has 0 saturated heterocycles. The van der Waals surface area contributed by atoms with Gasteiger partial charge in [-0.05, 0) is 24.3 Å². The number of hydrogen-bond donors (Lipinski definition) is 3. The third kappa shape index (κ3) is 2.44. The van der Waals surface area contributed by atoms with E-state index in [9.17, 15) is 4.79 Å². The molecule has 17 heavy (non-hydrogen) atoms. The molecule has 88 valence electrons. The maximum Gasteiger partial charge on any atom is 0.219 e. The number of hydrogen-bond acceptors (Lipinski definition) is 4. The van der Waals surface area contributed by atoms with Crippen molar-refractivity contribution in [3.63, 3.8) is 0 Å². The molecule has 2 rings (SSSR count). The zero-order chi connectivity index (χ0) is 12.3. The zero-order valence-corrected chi connectivity index (χ0v) is 9.31. The highest BCUT2D eigenvalue weighted by molar-refractivity contribution is 5.98. The lowest BCUT2D eigenvalue weighted by atomic mass is 10.1. The molecule has 5 nitrogen and oxygen atoms in total. The first-order valence-electron chi connectivity index (χ1n) is 5.34. The minimum Gasteiger partial charge on any atom is -0.398 e. The van der Waals surface area contributed by atoms with Gasteiger partial charge < -0.3 is 16.8 Å². The van der Waals surface area contributed by atoms with Crippen molar-refractivity contribution >= 4 is 28.2 Å². The highest BCUT2D eigenvalue weighted by Gasteiger charge is 2.04. The van der Waals surface area contributed by atoms with E-state index in [0.717, 1.165) is 16.6 Å². The Kier molecular flexibility index (Phi) is 3.09. The predicted molar refractivity (Wildman–Crippen MR) is 68.5 cm³/mol. The normalized spacial score (nSPS) is 10.4. The lowest BCUT2D eigenvalue weighted by molar-refractivity contribution is -0.117. The number of nitrogens with zero attached hydrogens (tertiary/aromatic N) is 1. The molecule has 1 aromatic heterocycles. The first-order chi connectivity index (χ1) is 8.18. The van der Waals surface area contributed by atoms with E-state index in [0.29, 0.717) is 18.7 Å². The molecule has 0 aliphatic rings. The minimum absolute atomic E-state index is 0.290. The summed E-state index contributed by atoms with van der Waals surface area (Å²) in [5.74, 6) is -0.329. The van der Waals surface area contributed by atoms with E-state index in [4.69, 9.17) is 11.5 Å². The lowest BCUT2D eigenvalue weighted by Crippen LogP contribution is -2.16. The molecule has 5 heteroatoms. The molecule has 0 spiro atoms. The summed E-state index contributed by atoms with van der Waals surface area (Å²) < 4.78 is 0. The summed E-state index contributed by atoms with van der Waals surface area (Å²) in [6.45, 7) is 0.491. The molecular weight excluding hydrogens is 216 g/mol. The van der Waals surface area contributed by atoms with Gasteiger partial charge in [0.2, 0.25) is 5.91 Å². The Labute approximate surface area is 98.8 Å². The second-order valence-corrected chi connectivity index (χ2v) is 3.75. The van der Waals surface area contributed by atoms with Gasteiger partial charge in [-0.1, -0.05) is 0 Å². The zero-order valence-electron chi connectivity index (χ0n) is 9.31. The Morgan fingerprint density at radius 2 is 2.18 bits per heavy atom. The van der Waals surface area contributed by atoms with Gasteiger partial charge in [0.1, 0.15) is 0 Å². The maximum absolute atomic E-state index is 10.7. The Balaban J connectivity index is 2.28. The van der Waals surface area contributed by atoms with E-state index >= 15 is 0 Å². The number of benzene rings is 1. The van der Waals surface area contributed by atoms with E-state index in [2.05, 4.69) is 10.3 Å². The fourth-order valence-electron chi connectivity index (χ4n) is 1.66. The molecule has 2 aromatic rings. The van der Waals surface area contributed by atoms with Crippen LogP contribution < -0.4 is 16.8 Å². The largest absolute Gasteiger partial charge is 0.398 e. The van der Waals surface area contributed by atoms with Crippen LogP contribution >= 0.6 is 0 Å². The summed E-state index contributed by atoms with van der Waals surface area (Å²) >= 11 is 0. The molecule has 0 radical (unpaired) electrons. The van der Waals surface area contributed by atoms with Gasteiger partial charge >= 0.3 is 0 Å². The summed E-state index contributed by atoms with van der Waals surface area (Å²) in [6.07, 6.45) is 2.00. The molecule has 1 heterocycles. The summed E-state index contributed by atoms with van der Waals surface area (Å²) in [7, 11) is 0. The van der Waals surface area contributed by atoms with Crippen LogP contribution in [0.15, 0.2) is 30.5 Å². The first kappa shape index (κ1) is 11.2. The number of aromatic nitrogens is 1. The van der Waals surface area contributed by atoms with E-state index in [1.165, 1.54) is 0 Å². The number of amides is 1. The molecule has 0 unspecified atom stereocenters. The van der Waals surface area contributed by atoms with Crippen molar-refractivity contribution in [1.29, 1.82) is 0 Å². The number of carbonyl (C=O) groups is 1. The standard InChI is InChI=1S/C12H14N4O/c13-9-3-4-10(15-7-5-11(14)17)12-8(9)2-1-6-16-12/h1-4,6,15H,5,7,13H2,(H2,14,17). The summed E-state index contributed by atoms with van der Waals surface area (Å²) in [5, 5.41) is 4.03. The van der Waals surface area contributed by atoms with Gasteiger partial charge in [-0.25, -0.2) is 0 Å². The molecule has 1 amide bonds. The number of nitrogens with two attached hydrogens (primary N) is 2. The van der Waals surface area contributed by atoms with Crippen molar-refractivity contribution in [3.05, 3.63) is 30.5 Å². The molecule has 0 saturated carbocycles. The second-order valence-electron chi connectivity index (χ2n) is 3.75. The van der Waals surface area contributed by atoms with Gasteiger partial charge in [-0.3, -0.25) is 9.78 Å². The topological polar surface area (TPSA) is 94.0 Å². The van der Waals surface area contributed by atoms with Crippen molar-refractivity contribution in [2.75, 3.05) is 17.6 Å². The van der Waals surface area contributed by atoms with Crippen LogP contribution in [0.5, 0.6) is 0 Å². The lowest BCUT2D eigenvalue weighted by Gasteiger charge is -2.09. The Morgan fingerprint density at radius 3 is 2.94 bits per heavy atom. The predicted octanol–water partition coefficient (Wildman–Crippen LogP) is 1.10. The highest BCUT2D eigenvalue weighted by atomic mass is 16.1. The van der Waals surface area contributed by atoms with Crippen LogP contribution in [0.1, 0.15) is 6.42 Å². The van der Waals surface area contributed by atoms with Crippen LogP contribution in [0.25, 0.3) is 10.9 Å². The molecule has 0 atom stereocenters. The number of anilines is 2. The van der Waals surface area contributed by atoms with Crippen LogP contribution in [0.4, 0.5) is 11.4 Å². The highest BCUT2D eigenvalue weighted by Crippen LogP contribution is 2.25. The van der Waals surface area contributed by atoms with Gasteiger partial charge in [-0.15, -0.1) is 0 Å². The van der Waals surface area contributed by atoms with E-state index in [1.807, 2.05) is 24.3 Å². The second kappa shape index (κ2) is 4.69. The number of nitrogen functional groups attached to an aromatic ring is 1. The number of carbonyl (C=O) groups excluding carboxylic acids is 1. The van der Waals surface area contributed by atoms with Gasteiger partial charge in [0.15, 0.2) is 0 Å². The molecule has 0 aliphatic heterocycles. The average molecular weight is 230 g/mol. The van der Waals surface area contributed by atoms with Gasteiger partial charge in [-0.2, -0.15) is 0 Å². The maximum atomic E-state index is 10.7. The quantitative estimate of drug-likeness (QED) is 0.685. The van der Waals surface area contributed by atoms with Crippen LogP contribution in [0.2, 0.25) is 0 Å². The third-order valence-corrected chi connectivity index (χ3v) is 2.49. The van der Waals surface area contributed by atoms with Crippen LogP contribution in [-0.4, -0.2) is 17.4 Å². The smallest absolute Gasteiger partial charge is 0.219 e. The summed E-state index contributed by atoms with van der Waals surface area (Å²) in [6, 6.07) is 7.42. The van der Waals surface area contributed by atoms with Gasteiger partial charge in [0.05, 0.1) is 11.2 Å². The first-order valence-corrected chi connectivity index (χ1v) is 5.34. The number of rotatable bonds is 4. The van der Waals surface area contributed by atoms with E-state index in [-0.39, 0.29) is 5.91 Å². The molecule has 0 aliphatic carbocycles. The van der Waals surface area contributed by atoms with Crippen molar-refractivity contribution in [1.82, 2.24) is 4.98 Å². The fourth-order valence-corrected chi connectivity index (χ4v) is 1.66. The van der Waals surface area contributed by atoms with E-state index in [1.54, 1.807) is 6.20 Å². The Morgan fingerprint density at radius 1 is 1.35 bits per heavy atom. The molecule has 5 N–H and O–H groups in total. The van der Waals surface area contributed by atoms with Crippen molar-refractivity contribution in [2.45, 2.75) is 6.42 Å². The SMILES string of the molecule is NC(=O)CCNc1ccc(N)c2cccnc12. The molecular formula is C12H14N4O. The van der Waals surface area contributed by atoms with Crippen LogP contribution in [-0.2, 0) is 4.79 Å². The average Bonchev–Trinajstić information content (AvgIpc) is 2.32. The van der Waals surface area contributed by atoms with Gasteiger partial charge in [0, 0.05) is 30.2 Å². The third-order valence-electron chi connectivity index (χ3n) is 2.49. The Hall–Kier alpha value is -2.30. The summed E-state index contributed by atoms with van der Waals surface area (Å²) in [4.78, 5) is 14.9. The molecule has 0 fully saturated rings. The van der Waals surface area contributed by atoms with Crippen LogP contribution in [0.3, 0.4) is 0 Å². The molecule has 0 bridgehead atoms. The summed E-state index contributed by atoms with van der Waals surface area (Å²) in [5.41, 5.74) is 13.3. The van der Waals surface area contributed by atoms with Crippen molar-refractivity contribution < 1.29 is 4.79 Å². The molecule has 1 aromatic carbocycles. The number of fused-ring (bicyclic) bond motifs is 1. The monoisotopic (exact) mass is 230 g/mol. The number of nitrogens with one attached hydrogen (secondary N) is 1. The minimum atomic E-state index is -0.329. The number of pyridine rings is 1. The fraction of sp³-hybridized carbons (Fsp3) is 0.167. The van der Waals surface area contributed by atoms with Crippen molar-refractivity contribution in [3.8, 4) is 0 Å².